The molecule has 0 nitrogen and oxygen atoms in total. The van der Waals surface area contributed by atoms with Gasteiger partial charge in [-0.1, -0.05) is 62.4 Å². The maximum atomic E-state index is 2.43. The first kappa shape index (κ1) is 16.3. The Balaban J connectivity index is 1.71. The van der Waals surface area contributed by atoms with Crippen molar-refractivity contribution in [1.82, 2.24) is 0 Å². The van der Waals surface area contributed by atoms with Crippen LogP contribution in [0, 0.1) is 3.57 Å². The average Bonchev–Trinajstić information content (AvgIpc) is 2.88. The van der Waals surface area contributed by atoms with Gasteiger partial charge >= 0.3 is 0 Å². The molecule has 26 heavy (non-hydrogen) atoms. The Morgan fingerprint density at radius 3 is 2.46 bits per heavy atom. The van der Waals surface area contributed by atoms with Gasteiger partial charge in [-0.3, -0.25) is 0 Å². The molecule has 0 radical (unpaired) electrons. The van der Waals surface area contributed by atoms with E-state index in [0.717, 1.165) is 12.8 Å². The molecule has 0 saturated carbocycles. The summed E-state index contributed by atoms with van der Waals surface area (Å²) in [4.78, 5) is 0. The predicted octanol–water partition coefficient (Wildman–Crippen LogP) is 7.22. The van der Waals surface area contributed by atoms with Crippen LogP contribution in [0.1, 0.15) is 42.5 Å². The van der Waals surface area contributed by atoms with Gasteiger partial charge in [-0.15, -0.1) is 0 Å². The lowest BCUT2D eigenvalue weighted by Gasteiger charge is -2.23. The lowest BCUT2D eigenvalue weighted by Crippen LogP contribution is -2.15. The molecule has 2 aliphatic rings. The van der Waals surface area contributed by atoms with Gasteiger partial charge in [0.25, 0.3) is 0 Å². The van der Waals surface area contributed by atoms with E-state index in [9.17, 15) is 0 Å². The van der Waals surface area contributed by atoms with Crippen molar-refractivity contribution >= 4 is 28.7 Å². The lowest BCUT2D eigenvalue weighted by molar-refractivity contribution is 0.660. The van der Waals surface area contributed by atoms with Crippen LogP contribution >= 0.6 is 22.6 Å². The van der Waals surface area contributed by atoms with Crippen molar-refractivity contribution in [2.75, 3.05) is 0 Å². The van der Waals surface area contributed by atoms with Gasteiger partial charge in [-0.2, -0.15) is 0 Å². The van der Waals surface area contributed by atoms with E-state index in [1.54, 1.807) is 0 Å². The first-order chi connectivity index (χ1) is 12.6. The fourth-order valence-electron chi connectivity index (χ4n) is 4.60. The molecule has 0 spiro atoms. The minimum atomic E-state index is 0.0482. The van der Waals surface area contributed by atoms with Gasteiger partial charge in [0, 0.05) is 8.99 Å². The molecule has 0 N–H and O–H groups in total. The Bertz CT molecular complexity index is 1070. The zero-order valence-electron chi connectivity index (χ0n) is 15.1. The standard InChI is InChI=1S/C25H21I/c1-25(2)23-14-17(20-9-5-7-16-6-3-4-8-19(16)20)10-12-21(23)22-13-11-18(26)15-24(22)25/h4-5,7-15H,3,6H2,1-2H3. The summed E-state index contributed by atoms with van der Waals surface area (Å²) in [7, 11) is 0. The molecule has 0 aromatic heterocycles. The second-order valence-corrected chi connectivity index (χ2v) is 9.14. The van der Waals surface area contributed by atoms with Crippen LogP contribution in [-0.2, 0) is 11.8 Å². The van der Waals surface area contributed by atoms with Crippen molar-refractivity contribution in [1.29, 1.82) is 0 Å². The molecule has 0 aliphatic heterocycles. The summed E-state index contributed by atoms with van der Waals surface area (Å²) in [6.07, 6.45) is 6.92. The van der Waals surface area contributed by atoms with E-state index in [1.165, 1.54) is 48.1 Å². The van der Waals surface area contributed by atoms with Crippen LogP contribution < -0.4 is 0 Å². The van der Waals surface area contributed by atoms with E-state index in [4.69, 9.17) is 0 Å². The molecular weight excluding hydrogens is 427 g/mol. The van der Waals surface area contributed by atoms with Crippen LogP contribution in [-0.4, -0.2) is 0 Å². The Morgan fingerprint density at radius 2 is 1.62 bits per heavy atom. The smallest absolute Gasteiger partial charge is 0.0159 e. The second kappa shape index (κ2) is 5.82. The summed E-state index contributed by atoms with van der Waals surface area (Å²) in [5.74, 6) is 0. The summed E-state index contributed by atoms with van der Waals surface area (Å²) >= 11 is 2.42. The van der Waals surface area contributed by atoms with E-state index >= 15 is 0 Å². The zero-order valence-corrected chi connectivity index (χ0v) is 17.3. The van der Waals surface area contributed by atoms with Crippen molar-refractivity contribution in [3.63, 3.8) is 0 Å². The zero-order chi connectivity index (χ0) is 17.9. The quantitative estimate of drug-likeness (QED) is 0.345. The number of allylic oxidation sites excluding steroid dienone is 1. The molecule has 5 rings (SSSR count). The fourth-order valence-corrected chi connectivity index (χ4v) is 5.09. The number of rotatable bonds is 1. The highest BCUT2D eigenvalue weighted by atomic mass is 127. The molecule has 3 aromatic rings. The van der Waals surface area contributed by atoms with Crippen molar-refractivity contribution in [2.45, 2.75) is 32.1 Å². The third-order valence-corrected chi connectivity index (χ3v) is 6.68. The Kier molecular flexibility index (Phi) is 3.65. The van der Waals surface area contributed by atoms with E-state index in [-0.39, 0.29) is 5.41 Å². The van der Waals surface area contributed by atoms with E-state index in [0.29, 0.717) is 0 Å². The maximum Gasteiger partial charge on any atom is 0.0159 e. The van der Waals surface area contributed by atoms with Gasteiger partial charge in [0.05, 0.1) is 0 Å². The largest absolute Gasteiger partial charge is 0.0836 e. The lowest BCUT2D eigenvalue weighted by atomic mass is 9.81. The Morgan fingerprint density at radius 1 is 0.846 bits per heavy atom. The number of benzene rings is 3. The Hall–Kier alpha value is -1.87. The molecule has 2 aliphatic carbocycles. The van der Waals surface area contributed by atoms with Crippen LogP contribution in [0.2, 0.25) is 0 Å². The van der Waals surface area contributed by atoms with Gasteiger partial charge < -0.3 is 0 Å². The Labute approximate surface area is 169 Å². The number of hydrogen-bond donors (Lipinski definition) is 0. The van der Waals surface area contributed by atoms with Gasteiger partial charge in [0.15, 0.2) is 0 Å². The van der Waals surface area contributed by atoms with Gasteiger partial charge in [0.2, 0.25) is 0 Å². The fraction of sp³-hybridized carbons (Fsp3) is 0.200. The number of fused-ring (bicyclic) bond motifs is 4. The van der Waals surface area contributed by atoms with Gasteiger partial charge in [0.1, 0.15) is 0 Å². The molecule has 0 amide bonds. The third-order valence-electron chi connectivity index (χ3n) is 6.01. The molecule has 0 atom stereocenters. The third kappa shape index (κ3) is 2.33. The minimum absolute atomic E-state index is 0.0482. The molecular formula is C25H21I. The monoisotopic (exact) mass is 448 g/mol. The molecule has 1 heteroatoms. The van der Waals surface area contributed by atoms with E-state index < -0.39 is 0 Å². The first-order valence-corrected chi connectivity index (χ1v) is 10.4. The molecule has 0 heterocycles. The van der Waals surface area contributed by atoms with E-state index in [2.05, 4.69) is 103 Å². The summed E-state index contributed by atoms with van der Waals surface area (Å²) in [6.45, 7) is 4.72. The SMILES string of the molecule is CC1(C)c2cc(I)ccc2-c2ccc(-c3cccc4c3C=CCC4)cc21. The minimum Gasteiger partial charge on any atom is -0.0836 e. The van der Waals surface area contributed by atoms with Crippen molar-refractivity contribution in [2.24, 2.45) is 0 Å². The molecule has 0 unspecified atom stereocenters. The highest BCUT2D eigenvalue weighted by Gasteiger charge is 2.35. The van der Waals surface area contributed by atoms with Crippen LogP contribution in [0.5, 0.6) is 0 Å². The summed E-state index contributed by atoms with van der Waals surface area (Å²) in [6, 6.07) is 20.7. The van der Waals surface area contributed by atoms with Crippen LogP contribution in [0.3, 0.4) is 0 Å². The molecule has 128 valence electrons. The molecule has 0 saturated heterocycles. The first-order valence-electron chi connectivity index (χ1n) is 9.29. The van der Waals surface area contributed by atoms with Gasteiger partial charge in [-0.25, -0.2) is 0 Å². The number of halogens is 1. The highest BCUT2D eigenvalue weighted by molar-refractivity contribution is 14.1. The van der Waals surface area contributed by atoms with Crippen LogP contribution in [0.25, 0.3) is 28.3 Å². The number of hydrogen-bond acceptors (Lipinski definition) is 0. The highest BCUT2D eigenvalue weighted by Crippen LogP contribution is 2.50. The second-order valence-electron chi connectivity index (χ2n) is 7.89. The average molecular weight is 448 g/mol. The summed E-state index contributed by atoms with van der Waals surface area (Å²) < 4.78 is 1.31. The maximum absolute atomic E-state index is 2.43. The van der Waals surface area contributed by atoms with Crippen molar-refractivity contribution in [3.05, 3.63) is 86.5 Å². The number of aryl methyl sites for hydroxylation is 1. The van der Waals surface area contributed by atoms with Crippen LogP contribution in [0.15, 0.2) is 60.7 Å². The summed E-state index contributed by atoms with van der Waals surface area (Å²) in [5.41, 5.74) is 11.3. The topological polar surface area (TPSA) is 0 Å². The van der Waals surface area contributed by atoms with Crippen molar-refractivity contribution in [3.8, 4) is 22.3 Å². The predicted molar refractivity (Wildman–Crippen MR) is 120 cm³/mol. The molecule has 3 aromatic carbocycles. The molecule has 0 fully saturated rings. The van der Waals surface area contributed by atoms with Crippen molar-refractivity contribution < 1.29 is 0 Å². The normalized spacial score (nSPS) is 16.1. The summed E-state index contributed by atoms with van der Waals surface area (Å²) in [5, 5.41) is 0. The van der Waals surface area contributed by atoms with Crippen LogP contribution in [0.4, 0.5) is 0 Å². The van der Waals surface area contributed by atoms with E-state index in [1.807, 2.05) is 0 Å². The van der Waals surface area contributed by atoms with Gasteiger partial charge in [-0.05, 0) is 98.1 Å². The molecule has 0 bridgehead atoms.